The molecule has 1 aliphatic rings. The van der Waals surface area contributed by atoms with Crippen molar-refractivity contribution >= 4 is 19.1 Å². The number of nitrogens with one attached hydrogen (secondary N) is 1. The first-order chi connectivity index (χ1) is 5.84. The Hall–Kier alpha value is -1.39. The molecule has 12 heavy (non-hydrogen) atoms. The van der Waals surface area contributed by atoms with Gasteiger partial charge in [0.15, 0.2) is 0 Å². The molecule has 0 fully saturated rings. The number of rotatable bonds is 4. The number of carbonyl (C=O) groups excluding carboxylic acids is 1. The molecule has 1 rings (SSSR count). The van der Waals surface area contributed by atoms with E-state index in [9.17, 15) is 4.79 Å². The molecule has 0 radical (unpaired) electrons. The molecule has 1 heterocycles. The SMILES string of the molecule is CC(CNC=O)N1C=NC=NC1. The predicted molar refractivity (Wildman–Crippen MR) is 47.2 cm³/mol. The Morgan fingerprint density at radius 1 is 1.83 bits per heavy atom. The molecular formula is C7H12N4O. The molecule has 5 heteroatoms. The molecule has 0 aromatic rings. The second-order valence-electron chi connectivity index (χ2n) is 2.59. The van der Waals surface area contributed by atoms with Gasteiger partial charge in [0, 0.05) is 12.6 Å². The first kappa shape index (κ1) is 8.70. The van der Waals surface area contributed by atoms with Crippen molar-refractivity contribution in [1.29, 1.82) is 0 Å². The second-order valence-corrected chi connectivity index (χ2v) is 2.59. The molecule has 0 bridgehead atoms. The summed E-state index contributed by atoms with van der Waals surface area (Å²) in [5.41, 5.74) is 0. The Kier molecular flexibility index (Phi) is 3.25. The van der Waals surface area contributed by atoms with Crippen LogP contribution in [0.2, 0.25) is 0 Å². The molecule has 0 aromatic carbocycles. The van der Waals surface area contributed by atoms with Crippen LogP contribution in [0.4, 0.5) is 0 Å². The maximum Gasteiger partial charge on any atom is 0.207 e. The Morgan fingerprint density at radius 3 is 3.25 bits per heavy atom. The topological polar surface area (TPSA) is 57.1 Å². The lowest BCUT2D eigenvalue weighted by Gasteiger charge is -2.25. The fourth-order valence-corrected chi connectivity index (χ4v) is 0.919. The van der Waals surface area contributed by atoms with Gasteiger partial charge < -0.3 is 10.2 Å². The van der Waals surface area contributed by atoms with Crippen LogP contribution in [0.5, 0.6) is 0 Å². The van der Waals surface area contributed by atoms with Gasteiger partial charge in [0.2, 0.25) is 6.41 Å². The summed E-state index contributed by atoms with van der Waals surface area (Å²) in [5.74, 6) is 0. The Bertz CT molecular complexity index is 202. The molecule has 1 unspecified atom stereocenters. The molecule has 0 spiro atoms. The van der Waals surface area contributed by atoms with Crippen molar-refractivity contribution in [3.63, 3.8) is 0 Å². The van der Waals surface area contributed by atoms with Crippen LogP contribution in [0.15, 0.2) is 9.98 Å². The summed E-state index contributed by atoms with van der Waals surface area (Å²) in [6.45, 7) is 3.24. The van der Waals surface area contributed by atoms with Crippen molar-refractivity contribution in [3.8, 4) is 0 Å². The fraction of sp³-hybridized carbons (Fsp3) is 0.571. The molecule has 66 valence electrons. The number of carbonyl (C=O) groups is 1. The van der Waals surface area contributed by atoms with Crippen LogP contribution in [0, 0.1) is 0 Å². The average Bonchev–Trinajstić information content (AvgIpc) is 2.15. The zero-order valence-corrected chi connectivity index (χ0v) is 6.97. The Morgan fingerprint density at radius 2 is 2.67 bits per heavy atom. The highest BCUT2D eigenvalue weighted by atomic mass is 16.1. The summed E-state index contributed by atoms with van der Waals surface area (Å²) in [7, 11) is 0. The smallest absolute Gasteiger partial charge is 0.207 e. The van der Waals surface area contributed by atoms with E-state index in [1.807, 2.05) is 11.8 Å². The molecule has 0 aromatic heterocycles. The highest BCUT2D eigenvalue weighted by molar-refractivity contribution is 5.73. The van der Waals surface area contributed by atoms with Crippen LogP contribution in [0.3, 0.4) is 0 Å². The van der Waals surface area contributed by atoms with Crippen molar-refractivity contribution in [2.24, 2.45) is 9.98 Å². The van der Waals surface area contributed by atoms with E-state index in [1.54, 1.807) is 6.34 Å². The molecule has 0 saturated heterocycles. The quantitative estimate of drug-likeness (QED) is 0.573. The van der Waals surface area contributed by atoms with E-state index >= 15 is 0 Å². The highest BCUT2D eigenvalue weighted by Gasteiger charge is 2.09. The van der Waals surface area contributed by atoms with Gasteiger partial charge in [-0.3, -0.25) is 9.79 Å². The first-order valence-electron chi connectivity index (χ1n) is 3.79. The average molecular weight is 168 g/mol. The fourth-order valence-electron chi connectivity index (χ4n) is 0.919. The third-order valence-electron chi connectivity index (χ3n) is 1.67. The van der Waals surface area contributed by atoms with Crippen molar-refractivity contribution in [2.45, 2.75) is 13.0 Å². The number of amides is 1. The summed E-state index contributed by atoms with van der Waals surface area (Å²) in [5, 5.41) is 2.61. The van der Waals surface area contributed by atoms with Crippen molar-refractivity contribution in [1.82, 2.24) is 10.2 Å². The van der Waals surface area contributed by atoms with E-state index in [4.69, 9.17) is 0 Å². The minimum Gasteiger partial charge on any atom is -0.357 e. The van der Waals surface area contributed by atoms with Gasteiger partial charge in [0.05, 0.1) is 6.34 Å². The normalized spacial score (nSPS) is 17.6. The summed E-state index contributed by atoms with van der Waals surface area (Å²) in [4.78, 5) is 19.8. The maximum atomic E-state index is 10.00. The van der Waals surface area contributed by atoms with Crippen molar-refractivity contribution in [3.05, 3.63) is 0 Å². The van der Waals surface area contributed by atoms with Gasteiger partial charge >= 0.3 is 0 Å². The molecule has 5 nitrogen and oxygen atoms in total. The summed E-state index contributed by atoms with van der Waals surface area (Å²) < 4.78 is 0. The Labute approximate surface area is 71.2 Å². The van der Waals surface area contributed by atoms with E-state index in [-0.39, 0.29) is 6.04 Å². The van der Waals surface area contributed by atoms with E-state index < -0.39 is 0 Å². The molecule has 1 atom stereocenters. The minimum absolute atomic E-state index is 0.233. The van der Waals surface area contributed by atoms with Gasteiger partial charge in [0.25, 0.3) is 0 Å². The van der Waals surface area contributed by atoms with Crippen LogP contribution >= 0.6 is 0 Å². The van der Waals surface area contributed by atoms with Crippen LogP contribution in [-0.4, -0.2) is 43.2 Å². The molecule has 1 amide bonds. The van der Waals surface area contributed by atoms with Gasteiger partial charge in [-0.1, -0.05) is 0 Å². The van der Waals surface area contributed by atoms with Gasteiger partial charge in [0.1, 0.15) is 13.0 Å². The summed E-state index contributed by atoms with van der Waals surface area (Å²) in [6, 6.07) is 0.233. The third kappa shape index (κ3) is 2.34. The standard InChI is InChI=1S/C7H12N4O/c1-7(2-8-6-12)11-4-9-3-10-5-11/h3-4,6-7H,2,5H2,1H3,(H,8,12). The van der Waals surface area contributed by atoms with Crippen molar-refractivity contribution in [2.75, 3.05) is 13.2 Å². The second kappa shape index (κ2) is 4.48. The third-order valence-corrected chi connectivity index (χ3v) is 1.67. The van der Waals surface area contributed by atoms with E-state index in [1.165, 1.54) is 6.34 Å². The lowest BCUT2D eigenvalue weighted by atomic mass is 10.3. The first-order valence-corrected chi connectivity index (χ1v) is 3.79. The number of aliphatic imine (C=N–C) groups is 2. The number of nitrogens with zero attached hydrogens (tertiary/aromatic N) is 3. The molecule has 0 aliphatic carbocycles. The minimum atomic E-state index is 0.233. The van der Waals surface area contributed by atoms with Crippen LogP contribution in [0.1, 0.15) is 6.92 Å². The van der Waals surface area contributed by atoms with Gasteiger partial charge in [-0.15, -0.1) is 0 Å². The lowest BCUT2D eigenvalue weighted by Crippen LogP contribution is -2.40. The Balaban J connectivity index is 2.31. The lowest BCUT2D eigenvalue weighted by molar-refractivity contribution is -0.109. The molecule has 1 N–H and O–H groups in total. The van der Waals surface area contributed by atoms with Gasteiger partial charge in [-0.05, 0) is 6.92 Å². The summed E-state index contributed by atoms with van der Waals surface area (Å²) in [6.07, 6.45) is 3.95. The van der Waals surface area contributed by atoms with Crippen LogP contribution in [0.25, 0.3) is 0 Å². The highest BCUT2D eigenvalue weighted by Crippen LogP contribution is 1.97. The van der Waals surface area contributed by atoms with E-state index in [2.05, 4.69) is 15.3 Å². The maximum absolute atomic E-state index is 10.00. The monoisotopic (exact) mass is 168 g/mol. The van der Waals surface area contributed by atoms with E-state index in [0.717, 1.165) is 0 Å². The number of hydrogen-bond acceptors (Lipinski definition) is 4. The summed E-state index contributed by atoms with van der Waals surface area (Å²) >= 11 is 0. The van der Waals surface area contributed by atoms with E-state index in [0.29, 0.717) is 19.6 Å². The number of hydrogen-bond donors (Lipinski definition) is 1. The predicted octanol–water partition coefficient (Wildman–Crippen LogP) is -0.549. The van der Waals surface area contributed by atoms with Crippen LogP contribution in [-0.2, 0) is 4.79 Å². The molecule has 0 saturated carbocycles. The molecule has 1 aliphatic heterocycles. The van der Waals surface area contributed by atoms with Crippen molar-refractivity contribution < 1.29 is 4.79 Å². The van der Waals surface area contributed by atoms with Gasteiger partial charge in [-0.25, -0.2) is 4.99 Å². The molecular weight excluding hydrogens is 156 g/mol. The largest absolute Gasteiger partial charge is 0.357 e. The van der Waals surface area contributed by atoms with Gasteiger partial charge in [-0.2, -0.15) is 0 Å². The zero-order valence-electron chi connectivity index (χ0n) is 6.97. The van der Waals surface area contributed by atoms with Crippen LogP contribution < -0.4 is 5.32 Å². The zero-order chi connectivity index (χ0) is 8.81.